The average Bonchev–Trinajstić information content (AvgIpc) is 3.21. The third kappa shape index (κ3) is 5.48. The van der Waals surface area contributed by atoms with E-state index in [1.54, 1.807) is 32.6 Å². The lowest BCUT2D eigenvalue weighted by Crippen LogP contribution is -2.23. The molecule has 1 heterocycles. The lowest BCUT2D eigenvalue weighted by Gasteiger charge is -2.07. The summed E-state index contributed by atoms with van der Waals surface area (Å²) >= 11 is 0. The minimum Gasteiger partial charge on any atom is -0.493 e. The van der Waals surface area contributed by atoms with E-state index in [0.29, 0.717) is 24.5 Å². The number of aromatic amines is 1. The summed E-state index contributed by atoms with van der Waals surface area (Å²) in [4.78, 5) is 19.8. The molecule has 2 N–H and O–H groups in total. The number of carbonyl (C=O) groups is 1. The molecule has 0 saturated carbocycles. The van der Waals surface area contributed by atoms with Crippen LogP contribution < -0.4 is 14.8 Å². The van der Waals surface area contributed by atoms with Crippen molar-refractivity contribution in [3.8, 4) is 22.9 Å². The quantitative estimate of drug-likeness (QED) is 0.573. The smallest absolute Gasteiger partial charge is 0.244 e. The first kappa shape index (κ1) is 20.2. The third-order valence-electron chi connectivity index (χ3n) is 4.48. The third-order valence-corrected chi connectivity index (χ3v) is 4.48. The van der Waals surface area contributed by atoms with Crippen LogP contribution in [0.15, 0.2) is 54.7 Å². The van der Waals surface area contributed by atoms with Crippen LogP contribution in [0.25, 0.3) is 17.5 Å². The second-order valence-corrected chi connectivity index (χ2v) is 6.61. The van der Waals surface area contributed by atoms with Crippen molar-refractivity contribution in [3.63, 3.8) is 0 Å². The van der Waals surface area contributed by atoms with Crippen LogP contribution in [0.3, 0.4) is 0 Å². The highest BCUT2D eigenvalue weighted by Crippen LogP contribution is 2.27. The van der Waals surface area contributed by atoms with E-state index < -0.39 is 0 Å². The summed E-state index contributed by atoms with van der Waals surface area (Å²) < 4.78 is 10.5. The summed E-state index contributed by atoms with van der Waals surface area (Å²) in [5, 5.41) is 2.88. The van der Waals surface area contributed by atoms with Gasteiger partial charge in [0.05, 0.1) is 14.2 Å². The van der Waals surface area contributed by atoms with Gasteiger partial charge in [-0.2, -0.15) is 0 Å². The molecule has 2 aromatic carbocycles. The highest BCUT2D eigenvalue weighted by Gasteiger charge is 2.05. The first-order chi connectivity index (χ1) is 14.1. The Morgan fingerprint density at radius 1 is 1.10 bits per heavy atom. The molecule has 0 aliphatic rings. The number of rotatable bonds is 8. The van der Waals surface area contributed by atoms with Crippen LogP contribution in [0.2, 0.25) is 0 Å². The molecule has 0 unspecified atom stereocenters. The summed E-state index contributed by atoms with van der Waals surface area (Å²) in [6, 6.07) is 13.7. The minimum absolute atomic E-state index is 0.155. The number of amides is 1. The van der Waals surface area contributed by atoms with Gasteiger partial charge in [0.15, 0.2) is 11.5 Å². The van der Waals surface area contributed by atoms with Gasteiger partial charge in [0, 0.05) is 36.5 Å². The summed E-state index contributed by atoms with van der Waals surface area (Å²) in [6.45, 7) is 2.57. The number of imidazole rings is 1. The van der Waals surface area contributed by atoms with E-state index in [0.717, 1.165) is 22.6 Å². The van der Waals surface area contributed by atoms with Gasteiger partial charge in [0.25, 0.3) is 0 Å². The normalized spacial score (nSPS) is 10.9. The Balaban J connectivity index is 1.50. The fraction of sp³-hybridized carbons (Fsp3) is 0.217. The molecule has 6 nitrogen and oxygen atoms in total. The van der Waals surface area contributed by atoms with E-state index in [1.165, 1.54) is 11.6 Å². The van der Waals surface area contributed by atoms with Gasteiger partial charge in [-0.3, -0.25) is 4.79 Å². The molecule has 0 aliphatic carbocycles. The maximum atomic E-state index is 12.1. The molecule has 0 atom stereocenters. The predicted octanol–water partition coefficient (Wildman–Crippen LogP) is 3.77. The highest BCUT2D eigenvalue weighted by molar-refractivity contribution is 5.91. The van der Waals surface area contributed by atoms with Gasteiger partial charge in [0.1, 0.15) is 5.82 Å². The van der Waals surface area contributed by atoms with E-state index in [9.17, 15) is 4.79 Å². The molecule has 0 fully saturated rings. The molecule has 29 heavy (non-hydrogen) atoms. The lowest BCUT2D eigenvalue weighted by molar-refractivity contribution is -0.116. The van der Waals surface area contributed by atoms with Gasteiger partial charge < -0.3 is 19.8 Å². The first-order valence-electron chi connectivity index (χ1n) is 9.38. The zero-order valence-corrected chi connectivity index (χ0v) is 16.9. The maximum Gasteiger partial charge on any atom is 0.244 e. The fourth-order valence-electron chi connectivity index (χ4n) is 2.85. The van der Waals surface area contributed by atoms with Crippen molar-refractivity contribution in [3.05, 3.63) is 71.6 Å². The molecule has 0 radical (unpaired) electrons. The highest BCUT2D eigenvalue weighted by atomic mass is 16.5. The number of H-pyrrole nitrogens is 1. The number of benzene rings is 2. The number of nitrogens with one attached hydrogen (secondary N) is 2. The number of ether oxygens (including phenoxy) is 2. The maximum absolute atomic E-state index is 12.1. The molecular formula is C23H25N3O3. The molecule has 0 saturated heterocycles. The molecule has 1 amide bonds. The molecule has 1 aromatic heterocycles. The standard InChI is InChI=1S/C23H25N3O3/c1-16-4-8-18(9-5-16)23-25-15-19(26-23)12-13-24-22(27)11-7-17-6-10-20(28-2)21(14-17)29-3/h4-11,14-15H,12-13H2,1-3H3,(H,24,27)(H,25,26). The van der Waals surface area contributed by atoms with Crippen molar-refractivity contribution in [2.45, 2.75) is 13.3 Å². The van der Waals surface area contributed by atoms with Gasteiger partial charge in [-0.05, 0) is 30.7 Å². The van der Waals surface area contributed by atoms with Gasteiger partial charge in [0.2, 0.25) is 5.91 Å². The molecule has 150 valence electrons. The van der Waals surface area contributed by atoms with Crippen molar-refractivity contribution in [1.29, 1.82) is 0 Å². The van der Waals surface area contributed by atoms with Crippen LogP contribution in [-0.2, 0) is 11.2 Å². The number of aryl methyl sites for hydroxylation is 1. The van der Waals surface area contributed by atoms with Crippen LogP contribution in [0.5, 0.6) is 11.5 Å². The van der Waals surface area contributed by atoms with Crippen LogP contribution in [-0.4, -0.2) is 36.6 Å². The summed E-state index contributed by atoms with van der Waals surface area (Å²) in [7, 11) is 3.17. The topological polar surface area (TPSA) is 76.2 Å². The first-order valence-corrected chi connectivity index (χ1v) is 9.38. The van der Waals surface area contributed by atoms with Crippen LogP contribution in [0, 0.1) is 6.92 Å². The van der Waals surface area contributed by atoms with Crippen LogP contribution in [0.4, 0.5) is 0 Å². The number of hydrogen-bond donors (Lipinski definition) is 2. The Morgan fingerprint density at radius 3 is 2.59 bits per heavy atom. The predicted molar refractivity (Wildman–Crippen MR) is 114 cm³/mol. The molecule has 0 aliphatic heterocycles. The van der Waals surface area contributed by atoms with Crippen molar-refractivity contribution in [1.82, 2.24) is 15.3 Å². The van der Waals surface area contributed by atoms with Gasteiger partial charge in [-0.25, -0.2) is 4.98 Å². The molecule has 6 heteroatoms. The van der Waals surface area contributed by atoms with E-state index in [1.807, 2.05) is 24.3 Å². The number of nitrogens with zero attached hydrogens (tertiary/aromatic N) is 1. The summed E-state index contributed by atoms with van der Waals surface area (Å²) in [5.74, 6) is 1.95. The van der Waals surface area contributed by atoms with Crippen molar-refractivity contribution >= 4 is 12.0 Å². The SMILES string of the molecule is COc1ccc(C=CC(=O)NCCc2cnc(-c3ccc(C)cc3)[nH]2)cc1OC. The Kier molecular flexibility index (Phi) is 6.68. The summed E-state index contributed by atoms with van der Waals surface area (Å²) in [5.41, 5.74) is 4.09. The van der Waals surface area contributed by atoms with Gasteiger partial charge in [-0.1, -0.05) is 35.9 Å². The summed E-state index contributed by atoms with van der Waals surface area (Å²) in [6.07, 6.45) is 5.73. The van der Waals surface area contributed by atoms with Crippen molar-refractivity contribution < 1.29 is 14.3 Å². The Bertz CT molecular complexity index is 991. The van der Waals surface area contributed by atoms with Crippen LogP contribution >= 0.6 is 0 Å². The number of aromatic nitrogens is 2. The second-order valence-electron chi connectivity index (χ2n) is 6.61. The number of carbonyl (C=O) groups excluding carboxylic acids is 1. The average molecular weight is 391 g/mol. The Labute approximate surface area is 170 Å². The Hall–Kier alpha value is -3.54. The van der Waals surface area contributed by atoms with Crippen molar-refractivity contribution in [2.24, 2.45) is 0 Å². The fourth-order valence-corrected chi connectivity index (χ4v) is 2.85. The van der Waals surface area contributed by atoms with Crippen LogP contribution in [0.1, 0.15) is 16.8 Å². The number of hydrogen-bond acceptors (Lipinski definition) is 4. The van der Waals surface area contributed by atoms with E-state index >= 15 is 0 Å². The van der Waals surface area contributed by atoms with E-state index in [-0.39, 0.29) is 5.91 Å². The molecule has 0 spiro atoms. The zero-order valence-electron chi connectivity index (χ0n) is 16.9. The lowest BCUT2D eigenvalue weighted by atomic mass is 10.1. The van der Waals surface area contributed by atoms with E-state index in [4.69, 9.17) is 9.47 Å². The molecule has 3 aromatic rings. The zero-order chi connectivity index (χ0) is 20.6. The largest absolute Gasteiger partial charge is 0.493 e. The molecular weight excluding hydrogens is 366 g/mol. The molecule has 0 bridgehead atoms. The van der Waals surface area contributed by atoms with E-state index in [2.05, 4.69) is 34.3 Å². The Morgan fingerprint density at radius 2 is 1.86 bits per heavy atom. The van der Waals surface area contributed by atoms with Crippen molar-refractivity contribution in [2.75, 3.05) is 20.8 Å². The monoisotopic (exact) mass is 391 g/mol. The number of methoxy groups -OCH3 is 2. The van der Waals surface area contributed by atoms with Gasteiger partial charge in [-0.15, -0.1) is 0 Å². The van der Waals surface area contributed by atoms with Gasteiger partial charge >= 0.3 is 0 Å². The molecule has 3 rings (SSSR count). The second kappa shape index (κ2) is 9.59. The minimum atomic E-state index is -0.155.